The van der Waals surface area contributed by atoms with Crippen molar-refractivity contribution in [3.8, 4) is 12.3 Å². The van der Waals surface area contributed by atoms with Gasteiger partial charge in [-0.2, -0.15) is 0 Å². The van der Waals surface area contributed by atoms with Gasteiger partial charge in [0.05, 0.1) is 12.1 Å². The summed E-state index contributed by atoms with van der Waals surface area (Å²) in [7, 11) is 0. The van der Waals surface area contributed by atoms with Gasteiger partial charge in [-0.3, -0.25) is 9.59 Å². The number of nitrogens with zero attached hydrogens (tertiary/aromatic N) is 1. The Morgan fingerprint density at radius 2 is 1.94 bits per heavy atom. The molecule has 0 bridgehead atoms. The van der Waals surface area contributed by atoms with Gasteiger partial charge in [0.2, 0.25) is 5.91 Å². The molecule has 196 valence electrons. The van der Waals surface area contributed by atoms with Crippen LogP contribution in [0.3, 0.4) is 0 Å². The van der Waals surface area contributed by atoms with E-state index in [0.29, 0.717) is 24.2 Å². The molecule has 4 rings (SSSR count). The molecule has 3 fully saturated rings. The summed E-state index contributed by atoms with van der Waals surface area (Å²) in [4.78, 5) is 39.4. The van der Waals surface area contributed by atoms with Gasteiger partial charge in [0.25, 0.3) is 5.91 Å². The summed E-state index contributed by atoms with van der Waals surface area (Å²) in [6.07, 6.45) is 14.7. The number of allylic oxidation sites excluding steroid dienone is 2. The lowest BCUT2D eigenvalue weighted by Crippen LogP contribution is -2.54. The highest BCUT2D eigenvalue weighted by atomic mass is 16.6. The van der Waals surface area contributed by atoms with Gasteiger partial charge in [-0.1, -0.05) is 30.5 Å². The zero-order valence-corrected chi connectivity index (χ0v) is 21.1. The Labute approximate surface area is 211 Å². The van der Waals surface area contributed by atoms with Crippen molar-refractivity contribution in [3.63, 3.8) is 0 Å². The molecule has 0 unspecified atom stereocenters. The van der Waals surface area contributed by atoms with Crippen molar-refractivity contribution in [3.05, 3.63) is 11.6 Å². The zero-order chi connectivity index (χ0) is 26.3. The number of fused-ring (bicyclic) bond motifs is 5. The topological polar surface area (TPSA) is 151 Å². The van der Waals surface area contributed by atoms with E-state index in [2.05, 4.69) is 36.3 Å². The number of carbonyl (C=O) groups excluding carboxylic acids is 2. The molecule has 0 aliphatic heterocycles. The number of nitrogens with one attached hydrogen (secondary N) is 1. The monoisotopic (exact) mass is 499 g/mol. The molecule has 36 heavy (non-hydrogen) atoms. The molecule has 5 N–H and O–H groups in total. The fraction of sp³-hybridized carbons (Fsp3) is 0.704. The van der Waals surface area contributed by atoms with Crippen LogP contribution < -0.4 is 11.1 Å². The van der Waals surface area contributed by atoms with Gasteiger partial charge in [-0.05, 0) is 80.6 Å². The van der Waals surface area contributed by atoms with Crippen molar-refractivity contribution < 1.29 is 29.4 Å². The highest BCUT2D eigenvalue weighted by Crippen LogP contribution is 2.67. The Bertz CT molecular complexity index is 1050. The summed E-state index contributed by atoms with van der Waals surface area (Å²) in [5.74, 6) is 1.42. The maximum atomic E-state index is 12.0. The SMILES string of the molecule is C#C[C@@]1(O)CC[C@H]2[C@@H]3CCC4=C/C(=N/OCC(=O)N[C@@H](CC(N)=O)C(=O)O)CC[C@]4(C)[C@H]3CC[C@@]21C. The molecule has 0 spiro atoms. The Morgan fingerprint density at radius 1 is 1.22 bits per heavy atom. The Hall–Kier alpha value is -2.86. The average Bonchev–Trinajstić information content (AvgIpc) is 3.09. The summed E-state index contributed by atoms with van der Waals surface area (Å²) in [6, 6.07) is -1.40. The van der Waals surface area contributed by atoms with E-state index in [1.165, 1.54) is 5.57 Å². The maximum Gasteiger partial charge on any atom is 0.326 e. The average molecular weight is 500 g/mol. The third-order valence-corrected chi connectivity index (χ3v) is 9.78. The minimum Gasteiger partial charge on any atom is -0.480 e. The number of carbonyl (C=O) groups is 3. The molecule has 4 aliphatic carbocycles. The first-order chi connectivity index (χ1) is 16.9. The molecule has 0 radical (unpaired) electrons. The van der Waals surface area contributed by atoms with Crippen molar-refractivity contribution >= 4 is 23.5 Å². The van der Waals surface area contributed by atoms with Crippen LogP contribution in [-0.4, -0.2) is 52.0 Å². The van der Waals surface area contributed by atoms with Crippen molar-refractivity contribution in [1.82, 2.24) is 5.32 Å². The summed E-state index contributed by atoms with van der Waals surface area (Å²) in [6.45, 7) is 4.10. The highest BCUT2D eigenvalue weighted by molar-refractivity contribution is 5.96. The second-order valence-corrected chi connectivity index (χ2v) is 11.5. The van der Waals surface area contributed by atoms with Gasteiger partial charge in [0.15, 0.2) is 6.61 Å². The van der Waals surface area contributed by atoms with Gasteiger partial charge in [0, 0.05) is 5.41 Å². The van der Waals surface area contributed by atoms with Crippen LogP contribution in [0.5, 0.6) is 0 Å². The standard InChI is InChI=1S/C27H37N3O6/c1-4-27(35)12-9-20-18-6-5-16-13-17(7-10-25(16,2)19(18)8-11-26(20,27)3)30-36-15-23(32)29-21(24(33)34)14-22(28)31/h1,13,18-21,35H,5-12,14-15H2,2-3H3,(H2,28,31)(H,29,32)(H,33,34)/b30-17+/t18-,19+,20+,21+,25+,26+,27-/m1/s1. The Balaban J connectivity index is 1.40. The second kappa shape index (κ2) is 9.55. The van der Waals surface area contributed by atoms with Crippen LogP contribution >= 0.6 is 0 Å². The van der Waals surface area contributed by atoms with Gasteiger partial charge in [0.1, 0.15) is 11.6 Å². The number of aliphatic carboxylic acids is 1. The first-order valence-electron chi connectivity index (χ1n) is 12.8. The number of hydrogen-bond donors (Lipinski definition) is 4. The van der Waals surface area contributed by atoms with Crippen LogP contribution in [-0.2, 0) is 19.2 Å². The third kappa shape index (κ3) is 4.40. The first kappa shape index (κ1) is 26.2. The van der Waals surface area contributed by atoms with Crippen molar-refractivity contribution in [2.45, 2.75) is 83.3 Å². The number of carboxylic acids is 1. The van der Waals surface area contributed by atoms with Crippen LogP contribution in [0.25, 0.3) is 0 Å². The van der Waals surface area contributed by atoms with Crippen LogP contribution in [0.15, 0.2) is 16.8 Å². The minimum absolute atomic E-state index is 0.0704. The number of hydrogen-bond acceptors (Lipinski definition) is 6. The summed E-state index contributed by atoms with van der Waals surface area (Å²) in [5.41, 5.74) is 6.01. The number of nitrogens with two attached hydrogens (primary N) is 1. The van der Waals surface area contributed by atoms with E-state index in [-0.39, 0.29) is 10.8 Å². The number of carboxylic acid groups (broad SMARTS) is 1. The largest absolute Gasteiger partial charge is 0.480 e. The Morgan fingerprint density at radius 3 is 2.61 bits per heavy atom. The molecule has 0 saturated heterocycles. The molecule has 9 nitrogen and oxygen atoms in total. The van der Waals surface area contributed by atoms with E-state index in [0.717, 1.165) is 50.7 Å². The van der Waals surface area contributed by atoms with Gasteiger partial charge in [-0.15, -0.1) is 6.42 Å². The third-order valence-electron chi connectivity index (χ3n) is 9.78. The predicted molar refractivity (Wildman–Crippen MR) is 132 cm³/mol. The lowest BCUT2D eigenvalue weighted by atomic mass is 9.46. The fourth-order valence-electron chi connectivity index (χ4n) is 7.71. The molecule has 0 heterocycles. The lowest BCUT2D eigenvalue weighted by molar-refractivity contribution is -0.144. The summed E-state index contributed by atoms with van der Waals surface area (Å²) < 4.78 is 0. The van der Waals surface area contributed by atoms with E-state index in [4.69, 9.17) is 22.1 Å². The molecule has 3 saturated carbocycles. The van der Waals surface area contributed by atoms with Gasteiger partial charge >= 0.3 is 5.97 Å². The second-order valence-electron chi connectivity index (χ2n) is 11.5. The van der Waals surface area contributed by atoms with Crippen LogP contribution in [0.1, 0.15) is 71.6 Å². The minimum atomic E-state index is -1.40. The molecular formula is C27H37N3O6. The predicted octanol–water partition coefficient (Wildman–Crippen LogP) is 2.13. The van der Waals surface area contributed by atoms with E-state index < -0.39 is 42.5 Å². The lowest BCUT2D eigenvalue weighted by Gasteiger charge is -2.58. The number of aliphatic hydroxyl groups is 1. The normalized spacial score (nSPS) is 39.0. The zero-order valence-electron chi connectivity index (χ0n) is 21.1. The van der Waals surface area contributed by atoms with Gasteiger partial charge < -0.3 is 26.1 Å². The maximum absolute atomic E-state index is 12.0. The van der Waals surface area contributed by atoms with E-state index in [1.807, 2.05) is 0 Å². The van der Waals surface area contributed by atoms with Gasteiger partial charge in [-0.25, -0.2) is 4.79 Å². The smallest absolute Gasteiger partial charge is 0.326 e. The molecule has 0 aromatic heterocycles. The van der Waals surface area contributed by atoms with Crippen molar-refractivity contribution in [1.29, 1.82) is 0 Å². The molecular weight excluding hydrogens is 462 g/mol. The molecule has 7 atom stereocenters. The van der Waals surface area contributed by atoms with Crippen molar-refractivity contribution in [2.75, 3.05) is 6.61 Å². The van der Waals surface area contributed by atoms with E-state index >= 15 is 0 Å². The molecule has 0 aromatic carbocycles. The van der Waals surface area contributed by atoms with E-state index in [1.54, 1.807) is 0 Å². The molecule has 4 aliphatic rings. The molecule has 2 amide bonds. The van der Waals surface area contributed by atoms with Crippen LogP contribution in [0.2, 0.25) is 0 Å². The van der Waals surface area contributed by atoms with E-state index in [9.17, 15) is 19.5 Å². The first-order valence-corrected chi connectivity index (χ1v) is 12.8. The van der Waals surface area contributed by atoms with Crippen LogP contribution in [0.4, 0.5) is 0 Å². The number of primary amides is 1. The quantitative estimate of drug-likeness (QED) is 0.311. The van der Waals surface area contributed by atoms with Crippen molar-refractivity contribution in [2.24, 2.45) is 39.5 Å². The summed E-state index contributed by atoms with van der Waals surface area (Å²) in [5, 5.41) is 26.6. The number of amides is 2. The molecule has 9 heteroatoms. The number of terminal acetylenes is 1. The highest BCUT2D eigenvalue weighted by Gasteiger charge is 2.63. The number of rotatable bonds is 7. The fourth-order valence-corrected chi connectivity index (χ4v) is 7.71. The summed E-state index contributed by atoms with van der Waals surface area (Å²) >= 11 is 0. The Kier molecular flexibility index (Phi) is 6.95. The molecule has 0 aromatic rings. The van der Waals surface area contributed by atoms with Crippen LogP contribution in [0, 0.1) is 40.9 Å². The number of oxime groups is 1.